The van der Waals surface area contributed by atoms with Crippen molar-refractivity contribution in [1.29, 1.82) is 0 Å². The van der Waals surface area contributed by atoms with Gasteiger partial charge in [0, 0.05) is 12.8 Å². The Morgan fingerprint density at radius 1 is 0.427 bits per heavy atom. The standard InChI is InChI=1S/C72H135N2O7P/c1-7-10-13-16-19-22-25-28-30-32-33-34-35-36-37-38-39-40-41-43-45-47-50-53-56-59-62-65-72(76)81-70(63-60-57-54-51-48-27-24-21-18-15-12-9-3)69(68-80-82(77,78)79-67-66-74(4,5)6)73-71(75)64-61-58-55-52-49-46-44-42-31-29-26-23-20-17-14-11-8-2/h20,23,28-31,44,46,60,63,69-70H,7-19,21-22,24-27,32-43,45,47-59,61-62,64-68H2,1-6H3,(H-,73,75,77,78)/p+1/b23-20-,30-28+,31-29-,46-44-,63-60-. The Hall–Kier alpha value is -2.29. The lowest BCUT2D eigenvalue weighted by Crippen LogP contribution is -2.47. The van der Waals surface area contributed by atoms with E-state index in [2.05, 4.69) is 74.7 Å². The molecule has 0 aromatic carbocycles. The van der Waals surface area contributed by atoms with Crippen molar-refractivity contribution in [2.75, 3.05) is 40.9 Å². The molecule has 0 rings (SSSR count). The van der Waals surface area contributed by atoms with Crippen LogP contribution in [0.1, 0.15) is 335 Å². The molecular formula is C72H136N2O7P+. The Bertz CT molecular complexity index is 1590. The monoisotopic (exact) mass is 1170 g/mol. The third-order valence-corrected chi connectivity index (χ3v) is 16.7. The zero-order chi connectivity index (χ0) is 60.0. The molecule has 0 aliphatic rings. The minimum Gasteiger partial charge on any atom is -0.456 e. The van der Waals surface area contributed by atoms with E-state index in [4.69, 9.17) is 13.8 Å². The maximum atomic E-state index is 13.6. The first kappa shape index (κ1) is 79.7. The van der Waals surface area contributed by atoms with E-state index in [-0.39, 0.29) is 31.5 Å². The smallest absolute Gasteiger partial charge is 0.456 e. The number of likely N-dealkylation sites (N-methyl/N-ethyl adjacent to an activating group) is 1. The van der Waals surface area contributed by atoms with E-state index >= 15 is 0 Å². The highest BCUT2D eigenvalue weighted by Gasteiger charge is 2.30. The molecule has 3 unspecified atom stereocenters. The SMILES string of the molecule is CCCCC/C=C\C/C=C\C/C=C\CCCCCCC(=O)NC(COP(=O)(O)OCC[N+](C)(C)C)C(/C=C\CCCCCCCCCCCC)OC(=O)CCCCCCCCCCCCCCCCCCC/C=C/CCCCCCCC. The van der Waals surface area contributed by atoms with Gasteiger partial charge in [-0.3, -0.25) is 18.6 Å². The molecule has 0 aromatic heterocycles. The van der Waals surface area contributed by atoms with Gasteiger partial charge in [-0.1, -0.05) is 287 Å². The van der Waals surface area contributed by atoms with E-state index in [9.17, 15) is 19.0 Å². The van der Waals surface area contributed by atoms with Gasteiger partial charge in [0.05, 0.1) is 33.8 Å². The summed E-state index contributed by atoms with van der Waals surface area (Å²) in [5.41, 5.74) is 0. The third kappa shape index (κ3) is 62.2. The molecule has 0 saturated heterocycles. The number of quaternary nitrogens is 1. The van der Waals surface area contributed by atoms with Crippen molar-refractivity contribution in [3.63, 3.8) is 0 Å². The summed E-state index contributed by atoms with van der Waals surface area (Å²) in [6, 6.07) is -0.860. The number of carbonyl (C=O) groups excluding carboxylic acids is 2. The Morgan fingerprint density at radius 3 is 1.15 bits per heavy atom. The van der Waals surface area contributed by atoms with Crippen molar-refractivity contribution in [3.8, 4) is 0 Å². The van der Waals surface area contributed by atoms with Gasteiger partial charge in [0.2, 0.25) is 5.91 Å². The van der Waals surface area contributed by atoms with E-state index in [1.165, 1.54) is 218 Å². The van der Waals surface area contributed by atoms with Gasteiger partial charge >= 0.3 is 13.8 Å². The second kappa shape index (κ2) is 61.8. The van der Waals surface area contributed by atoms with Crippen molar-refractivity contribution in [3.05, 3.63) is 60.8 Å². The van der Waals surface area contributed by atoms with Gasteiger partial charge < -0.3 is 19.4 Å². The highest BCUT2D eigenvalue weighted by molar-refractivity contribution is 7.47. The highest BCUT2D eigenvalue weighted by atomic mass is 31.2. The molecule has 0 radical (unpaired) electrons. The average Bonchev–Trinajstić information content (AvgIpc) is 3.44. The van der Waals surface area contributed by atoms with Crippen molar-refractivity contribution >= 4 is 19.7 Å². The first-order chi connectivity index (χ1) is 39.9. The lowest BCUT2D eigenvalue weighted by Gasteiger charge is -2.27. The first-order valence-electron chi connectivity index (χ1n) is 35.1. The second-order valence-electron chi connectivity index (χ2n) is 25.0. The molecule has 9 nitrogen and oxygen atoms in total. The van der Waals surface area contributed by atoms with E-state index < -0.39 is 20.0 Å². The van der Waals surface area contributed by atoms with Crippen LogP contribution in [0.2, 0.25) is 0 Å². The predicted octanol–water partition coefficient (Wildman–Crippen LogP) is 22.2. The van der Waals surface area contributed by atoms with Crippen LogP contribution >= 0.6 is 7.82 Å². The molecule has 3 atom stereocenters. The number of ether oxygens (including phenoxy) is 1. The Kier molecular flexibility index (Phi) is 60.1. The molecule has 1 amide bonds. The summed E-state index contributed by atoms with van der Waals surface area (Å²) >= 11 is 0. The summed E-state index contributed by atoms with van der Waals surface area (Å²) in [4.78, 5) is 37.8. The van der Waals surface area contributed by atoms with Gasteiger partial charge in [0.1, 0.15) is 19.3 Å². The number of unbranched alkanes of at least 4 members (excludes halogenated alkanes) is 40. The fourth-order valence-corrected chi connectivity index (χ4v) is 11.0. The molecule has 480 valence electrons. The number of nitrogens with zero attached hydrogens (tertiary/aromatic N) is 1. The van der Waals surface area contributed by atoms with Gasteiger partial charge in [-0.25, -0.2) is 4.57 Å². The van der Waals surface area contributed by atoms with E-state index in [1.54, 1.807) is 0 Å². The minimum absolute atomic E-state index is 0.0356. The summed E-state index contributed by atoms with van der Waals surface area (Å²) in [7, 11) is 1.49. The molecule has 0 aliphatic heterocycles. The topological polar surface area (TPSA) is 111 Å². The summed E-state index contributed by atoms with van der Waals surface area (Å²) in [5, 5.41) is 3.05. The molecule has 10 heteroatoms. The van der Waals surface area contributed by atoms with Crippen LogP contribution in [0.25, 0.3) is 0 Å². The molecule has 2 N–H and O–H groups in total. The summed E-state index contributed by atoms with van der Waals surface area (Å²) in [6.45, 7) is 7.00. The zero-order valence-corrected chi connectivity index (χ0v) is 55.9. The normalized spacial score (nSPS) is 13.9. The first-order valence-corrected chi connectivity index (χ1v) is 36.6. The molecular weight excluding hydrogens is 1040 g/mol. The van der Waals surface area contributed by atoms with Gasteiger partial charge in [-0.05, 0) is 96.0 Å². The Morgan fingerprint density at radius 2 is 0.744 bits per heavy atom. The van der Waals surface area contributed by atoms with Gasteiger partial charge in [-0.2, -0.15) is 0 Å². The van der Waals surface area contributed by atoms with Crippen LogP contribution in [-0.2, 0) is 27.9 Å². The number of phosphoric acid groups is 1. The number of esters is 1. The molecule has 0 spiro atoms. The van der Waals surface area contributed by atoms with Crippen LogP contribution in [-0.4, -0.2) is 74.3 Å². The highest BCUT2D eigenvalue weighted by Crippen LogP contribution is 2.43. The lowest BCUT2D eigenvalue weighted by molar-refractivity contribution is -0.870. The van der Waals surface area contributed by atoms with E-state index in [0.29, 0.717) is 17.4 Å². The third-order valence-electron chi connectivity index (χ3n) is 15.7. The summed E-state index contributed by atoms with van der Waals surface area (Å²) in [5.74, 6) is -0.519. The quantitative estimate of drug-likeness (QED) is 0.0205. The number of hydrogen-bond acceptors (Lipinski definition) is 6. The zero-order valence-electron chi connectivity index (χ0n) is 55.0. The van der Waals surface area contributed by atoms with Crippen molar-refractivity contribution < 1.29 is 37.3 Å². The number of nitrogens with one attached hydrogen (secondary N) is 1. The minimum atomic E-state index is -4.46. The maximum absolute atomic E-state index is 13.6. The molecule has 0 aliphatic carbocycles. The Labute approximate surface area is 509 Å². The molecule has 0 bridgehead atoms. The lowest BCUT2D eigenvalue weighted by atomic mass is 10.0. The predicted molar refractivity (Wildman–Crippen MR) is 355 cm³/mol. The van der Waals surface area contributed by atoms with Crippen LogP contribution < -0.4 is 5.32 Å². The van der Waals surface area contributed by atoms with Crippen molar-refractivity contribution in [1.82, 2.24) is 5.32 Å². The van der Waals surface area contributed by atoms with Crippen LogP contribution in [0.3, 0.4) is 0 Å². The molecule has 0 saturated carbocycles. The fraction of sp³-hybridized carbons (Fsp3) is 0.833. The van der Waals surface area contributed by atoms with Crippen LogP contribution in [0.4, 0.5) is 0 Å². The molecule has 0 aromatic rings. The Balaban J connectivity index is 5.03. The molecule has 0 fully saturated rings. The van der Waals surface area contributed by atoms with Gasteiger partial charge in [0.15, 0.2) is 0 Å². The van der Waals surface area contributed by atoms with Gasteiger partial charge in [0.25, 0.3) is 0 Å². The number of amides is 1. The van der Waals surface area contributed by atoms with Crippen molar-refractivity contribution in [2.45, 2.75) is 348 Å². The fourth-order valence-electron chi connectivity index (χ4n) is 10.2. The van der Waals surface area contributed by atoms with Crippen LogP contribution in [0.5, 0.6) is 0 Å². The number of allylic oxidation sites excluding steroid dienone is 9. The van der Waals surface area contributed by atoms with Crippen molar-refractivity contribution in [2.24, 2.45) is 0 Å². The summed E-state index contributed by atoms with van der Waals surface area (Å²) in [6.07, 6.45) is 79.5. The number of phosphoric ester groups is 1. The average molecular weight is 1170 g/mol. The second-order valence-corrected chi connectivity index (χ2v) is 26.5. The number of carbonyl (C=O) groups is 2. The van der Waals surface area contributed by atoms with E-state index in [1.807, 2.05) is 33.3 Å². The number of rotatable bonds is 64. The maximum Gasteiger partial charge on any atom is 0.472 e. The summed E-state index contributed by atoms with van der Waals surface area (Å²) < 4.78 is 30.8. The van der Waals surface area contributed by atoms with Crippen LogP contribution in [0, 0.1) is 0 Å². The largest absolute Gasteiger partial charge is 0.472 e. The van der Waals surface area contributed by atoms with Gasteiger partial charge in [-0.15, -0.1) is 0 Å². The molecule has 0 heterocycles. The van der Waals surface area contributed by atoms with E-state index in [0.717, 1.165) is 83.5 Å². The van der Waals surface area contributed by atoms with Crippen LogP contribution in [0.15, 0.2) is 60.8 Å². The molecule has 82 heavy (non-hydrogen) atoms. The number of hydrogen-bond donors (Lipinski definition) is 2.